The molecule has 2 saturated heterocycles. The molecule has 0 N–H and O–H groups in total. The normalized spacial score (nSPS) is 30.6. The van der Waals surface area contributed by atoms with Crippen molar-refractivity contribution in [1.82, 2.24) is 14.7 Å². The van der Waals surface area contributed by atoms with Crippen LogP contribution in [0.5, 0.6) is 0 Å². The van der Waals surface area contributed by atoms with E-state index in [1.165, 1.54) is 0 Å². The molecule has 2 aliphatic rings. The van der Waals surface area contributed by atoms with Crippen molar-refractivity contribution in [2.45, 2.75) is 39.2 Å². The van der Waals surface area contributed by atoms with Gasteiger partial charge in [0.1, 0.15) is 0 Å². The smallest absolute Gasteiger partial charge is 0.275 e. The van der Waals surface area contributed by atoms with Gasteiger partial charge in [-0.2, -0.15) is 0 Å². The molecule has 1 atom stereocenters. The Morgan fingerprint density at radius 2 is 1.65 bits per heavy atom. The highest BCUT2D eigenvalue weighted by atomic mass is 19.3. The lowest BCUT2D eigenvalue weighted by molar-refractivity contribution is -0.136. The maximum atomic E-state index is 14.5. The highest BCUT2D eigenvalue weighted by molar-refractivity contribution is 4.95. The number of piperazine rings is 1. The average Bonchev–Trinajstić information content (AvgIpc) is 2.27. The van der Waals surface area contributed by atoms with Gasteiger partial charge in [-0.3, -0.25) is 9.80 Å². The molecule has 0 aromatic heterocycles. The van der Waals surface area contributed by atoms with Gasteiger partial charge in [-0.25, -0.2) is 8.78 Å². The molecule has 118 valence electrons. The summed E-state index contributed by atoms with van der Waals surface area (Å²) in [6.07, 6.45) is 0.590. The summed E-state index contributed by atoms with van der Waals surface area (Å²) < 4.78 is 29.0. The number of hydrogen-bond donors (Lipinski definition) is 0. The van der Waals surface area contributed by atoms with Crippen molar-refractivity contribution in [3.8, 4) is 0 Å². The SMILES string of the molecule is CN1CCN(C2CCN(CC(C)(C)C)CC2(F)F)CC1. The van der Waals surface area contributed by atoms with Crippen molar-refractivity contribution in [2.24, 2.45) is 5.41 Å². The summed E-state index contributed by atoms with van der Waals surface area (Å²) in [6, 6.07) is -0.563. The van der Waals surface area contributed by atoms with E-state index in [-0.39, 0.29) is 12.0 Å². The molecule has 20 heavy (non-hydrogen) atoms. The average molecular weight is 289 g/mol. The molecule has 0 saturated carbocycles. The van der Waals surface area contributed by atoms with Gasteiger partial charge in [0.05, 0.1) is 12.6 Å². The van der Waals surface area contributed by atoms with Crippen molar-refractivity contribution in [1.29, 1.82) is 0 Å². The van der Waals surface area contributed by atoms with Crippen LogP contribution in [0, 0.1) is 5.41 Å². The maximum absolute atomic E-state index is 14.5. The minimum Gasteiger partial charge on any atom is -0.304 e. The first-order valence-electron chi connectivity index (χ1n) is 7.70. The Bertz CT molecular complexity index is 320. The Kier molecular flexibility index (Phi) is 4.72. The standard InChI is InChI=1S/C15H29F2N3/c1-14(2,3)11-19-6-5-13(15(16,17)12-19)20-9-7-18(4)8-10-20/h13H,5-12H2,1-4H3. The second-order valence-corrected chi connectivity index (χ2v) is 7.68. The summed E-state index contributed by atoms with van der Waals surface area (Å²) in [5.74, 6) is -2.58. The highest BCUT2D eigenvalue weighted by Crippen LogP contribution is 2.33. The van der Waals surface area contributed by atoms with Gasteiger partial charge in [0.25, 0.3) is 5.92 Å². The number of halogens is 2. The summed E-state index contributed by atoms with van der Waals surface area (Å²) in [7, 11) is 2.06. The summed E-state index contributed by atoms with van der Waals surface area (Å²) in [6.45, 7) is 11.1. The van der Waals surface area contributed by atoms with Crippen LogP contribution in [0.4, 0.5) is 8.78 Å². The van der Waals surface area contributed by atoms with E-state index < -0.39 is 12.0 Å². The molecule has 2 fully saturated rings. The number of rotatable bonds is 2. The quantitative estimate of drug-likeness (QED) is 0.770. The zero-order valence-electron chi connectivity index (χ0n) is 13.3. The predicted octanol–water partition coefficient (Wildman–Crippen LogP) is 1.99. The minimum absolute atomic E-state index is 0.0801. The lowest BCUT2D eigenvalue weighted by atomic mass is 9.92. The molecule has 3 nitrogen and oxygen atoms in total. The molecule has 2 heterocycles. The second kappa shape index (κ2) is 5.85. The molecule has 0 radical (unpaired) electrons. The van der Waals surface area contributed by atoms with Gasteiger partial charge in [0, 0.05) is 39.3 Å². The number of likely N-dealkylation sites (tertiary alicyclic amines) is 1. The molecular formula is C15H29F2N3. The van der Waals surface area contributed by atoms with Crippen LogP contribution in [-0.2, 0) is 0 Å². The number of hydrogen-bond acceptors (Lipinski definition) is 3. The van der Waals surface area contributed by atoms with E-state index in [1.54, 1.807) is 0 Å². The first-order chi connectivity index (χ1) is 9.17. The predicted molar refractivity (Wildman–Crippen MR) is 78.3 cm³/mol. The van der Waals surface area contributed by atoms with Crippen molar-refractivity contribution in [3.05, 3.63) is 0 Å². The fourth-order valence-electron chi connectivity index (χ4n) is 3.39. The van der Waals surface area contributed by atoms with Crippen molar-refractivity contribution in [3.63, 3.8) is 0 Å². The first kappa shape index (κ1) is 16.1. The monoisotopic (exact) mass is 289 g/mol. The molecule has 2 rings (SSSR count). The summed E-state index contributed by atoms with van der Waals surface area (Å²) >= 11 is 0. The Labute approximate surface area is 121 Å². The van der Waals surface area contributed by atoms with E-state index in [1.807, 2.05) is 9.80 Å². The van der Waals surface area contributed by atoms with Crippen LogP contribution in [-0.4, -0.2) is 79.5 Å². The third-order valence-electron chi connectivity index (χ3n) is 4.32. The summed E-state index contributed by atoms with van der Waals surface area (Å²) in [5.41, 5.74) is 0.0801. The van der Waals surface area contributed by atoms with E-state index in [4.69, 9.17) is 0 Å². The van der Waals surface area contributed by atoms with Crippen molar-refractivity contribution in [2.75, 3.05) is 52.9 Å². The zero-order chi connectivity index (χ0) is 15.0. The van der Waals surface area contributed by atoms with Crippen LogP contribution in [0.2, 0.25) is 0 Å². The highest BCUT2D eigenvalue weighted by Gasteiger charge is 2.47. The van der Waals surface area contributed by atoms with Crippen LogP contribution >= 0.6 is 0 Å². The molecule has 0 spiro atoms. The molecule has 0 amide bonds. The van der Waals surface area contributed by atoms with Gasteiger partial charge in [-0.15, -0.1) is 0 Å². The van der Waals surface area contributed by atoms with E-state index in [9.17, 15) is 8.78 Å². The van der Waals surface area contributed by atoms with Crippen molar-refractivity contribution >= 4 is 0 Å². The van der Waals surface area contributed by atoms with E-state index >= 15 is 0 Å². The molecule has 0 aromatic rings. The molecule has 0 aliphatic carbocycles. The fourth-order valence-corrected chi connectivity index (χ4v) is 3.39. The topological polar surface area (TPSA) is 9.72 Å². The lowest BCUT2D eigenvalue weighted by Crippen LogP contribution is -2.62. The minimum atomic E-state index is -2.58. The van der Waals surface area contributed by atoms with Gasteiger partial charge < -0.3 is 4.90 Å². The molecule has 0 aromatic carbocycles. The van der Waals surface area contributed by atoms with E-state index in [0.717, 1.165) is 39.3 Å². The molecule has 2 aliphatic heterocycles. The Balaban J connectivity index is 1.94. The molecule has 5 heteroatoms. The maximum Gasteiger partial charge on any atom is 0.275 e. The number of alkyl halides is 2. The first-order valence-corrected chi connectivity index (χ1v) is 7.70. The van der Waals surface area contributed by atoms with Crippen LogP contribution in [0.25, 0.3) is 0 Å². The fraction of sp³-hybridized carbons (Fsp3) is 1.00. The van der Waals surface area contributed by atoms with Crippen LogP contribution in [0.1, 0.15) is 27.2 Å². The largest absolute Gasteiger partial charge is 0.304 e. The number of likely N-dealkylation sites (N-methyl/N-ethyl adjacent to an activating group) is 1. The Morgan fingerprint density at radius 3 is 2.15 bits per heavy atom. The summed E-state index contributed by atoms with van der Waals surface area (Å²) in [5, 5.41) is 0. The third-order valence-corrected chi connectivity index (χ3v) is 4.32. The van der Waals surface area contributed by atoms with Gasteiger partial charge in [0.15, 0.2) is 0 Å². The lowest BCUT2D eigenvalue weighted by Gasteiger charge is -2.46. The molecule has 1 unspecified atom stereocenters. The Hall–Kier alpha value is -0.260. The van der Waals surface area contributed by atoms with Crippen molar-refractivity contribution < 1.29 is 8.78 Å². The second-order valence-electron chi connectivity index (χ2n) is 7.68. The van der Waals surface area contributed by atoms with E-state index in [2.05, 4.69) is 32.7 Å². The van der Waals surface area contributed by atoms with Gasteiger partial charge in [-0.05, 0) is 18.9 Å². The third kappa shape index (κ3) is 4.12. The molecular weight excluding hydrogens is 260 g/mol. The molecule has 0 bridgehead atoms. The summed E-state index contributed by atoms with van der Waals surface area (Å²) in [4.78, 5) is 6.16. The van der Waals surface area contributed by atoms with Gasteiger partial charge in [-0.1, -0.05) is 20.8 Å². The Morgan fingerprint density at radius 1 is 1.05 bits per heavy atom. The van der Waals surface area contributed by atoms with Crippen LogP contribution < -0.4 is 0 Å². The van der Waals surface area contributed by atoms with Gasteiger partial charge >= 0.3 is 0 Å². The number of piperidine rings is 1. The number of nitrogens with zero attached hydrogens (tertiary/aromatic N) is 3. The van der Waals surface area contributed by atoms with Crippen LogP contribution in [0.15, 0.2) is 0 Å². The zero-order valence-corrected chi connectivity index (χ0v) is 13.3. The van der Waals surface area contributed by atoms with Crippen LogP contribution in [0.3, 0.4) is 0 Å². The van der Waals surface area contributed by atoms with Gasteiger partial charge in [0.2, 0.25) is 0 Å². The van der Waals surface area contributed by atoms with E-state index in [0.29, 0.717) is 6.42 Å².